The molecule has 0 rings (SSSR count). The zero-order chi connectivity index (χ0) is 14.6. The number of rotatable bonds is 7. The third kappa shape index (κ3) is 9.80. The number of nitrogens with one attached hydrogen (secondary N) is 1. The normalized spacial score (nSPS) is 16.4. The van der Waals surface area contributed by atoms with Gasteiger partial charge in [0.2, 0.25) is 0 Å². The number of nitrogens with two attached hydrogens (primary N) is 1. The lowest BCUT2D eigenvalue weighted by Crippen LogP contribution is -2.46. The quantitative estimate of drug-likeness (QED) is 0.701. The molecule has 0 aliphatic heterocycles. The smallest absolute Gasteiger partial charge is 0.146 e. The molecule has 0 aromatic carbocycles. The van der Waals surface area contributed by atoms with Gasteiger partial charge in [-0.25, -0.2) is 0 Å². The minimum Gasteiger partial charge on any atom is -0.327 e. The summed E-state index contributed by atoms with van der Waals surface area (Å²) in [5.41, 5.74) is 6.35. The fourth-order valence-electron chi connectivity index (χ4n) is 2.12. The maximum absolute atomic E-state index is 11.6. The molecule has 0 amide bonds. The Bertz CT molecular complexity index is 266. The Labute approximate surface area is 114 Å². The van der Waals surface area contributed by atoms with E-state index < -0.39 is 8.07 Å². The van der Waals surface area contributed by atoms with Crippen LogP contribution >= 0.6 is 0 Å². The minimum atomic E-state index is -1.23. The Balaban J connectivity index is 4.24. The Hall–Kier alpha value is -0.193. The Morgan fingerprint density at radius 3 is 2.11 bits per heavy atom. The molecule has 0 saturated heterocycles. The van der Waals surface area contributed by atoms with Crippen LogP contribution in [0.25, 0.3) is 0 Å². The van der Waals surface area contributed by atoms with Crippen molar-refractivity contribution >= 4 is 13.9 Å². The molecule has 18 heavy (non-hydrogen) atoms. The molecule has 0 aliphatic rings. The van der Waals surface area contributed by atoms with Crippen LogP contribution in [0.1, 0.15) is 34.1 Å². The van der Waals surface area contributed by atoms with Crippen LogP contribution in [0.4, 0.5) is 0 Å². The summed E-state index contributed by atoms with van der Waals surface area (Å²) in [6, 6.07) is 1.10. The van der Waals surface area contributed by atoms with Crippen LogP contribution in [0.15, 0.2) is 0 Å². The maximum Gasteiger partial charge on any atom is 0.146 e. The van der Waals surface area contributed by atoms with Gasteiger partial charge in [0.25, 0.3) is 0 Å². The second kappa shape index (κ2) is 6.82. The number of carbonyl (C=O) groups is 1. The van der Waals surface area contributed by atoms with Crippen molar-refractivity contribution in [1.82, 2.24) is 5.32 Å². The van der Waals surface area contributed by atoms with E-state index in [1.165, 1.54) is 0 Å². The van der Waals surface area contributed by atoms with Crippen molar-refractivity contribution in [3.63, 3.8) is 0 Å². The first-order chi connectivity index (χ1) is 7.91. The Morgan fingerprint density at radius 2 is 1.78 bits per heavy atom. The van der Waals surface area contributed by atoms with Crippen molar-refractivity contribution in [2.45, 2.75) is 71.9 Å². The summed E-state index contributed by atoms with van der Waals surface area (Å²) >= 11 is 0. The molecule has 0 unspecified atom stereocenters. The highest BCUT2D eigenvalue weighted by Crippen LogP contribution is 2.20. The standard InChI is InChI=1S/C14H32N2OSi/c1-11(17)13(10-18(5,6)7)16-9-12(15)8-14(2,3)4/h12-13,16H,8-10,15H2,1-7H3/t12-,13-/m0/s1. The number of hydrogen-bond acceptors (Lipinski definition) is 3. The summed E-state index contributed by atoms with van der Waals surface area (Å²) in [4.78, 5) is 11.6. The van der Waals surface area contributed by atoms with Gasteiger partial charge < -0.3 is 11.1 Å². The van der Waals surface area contributed by atoms with Crippen LogP contribution in [0.2, 0.25) is 25.7 Å². The van der Waals surface area contributed by atoms with E-state index in [1.54, 1.807) is 6.92 Å². The SMILES string of the molecule is CC(=O)[C@H](C[Si](C)(C)C)NC[C@@H](N)CC(C)(C)C. The minimum absolute atomic E-state index is 0.0114. The predicted octanol–water partition coefficient (Wildman–Crippen LogP) is 2.64. The highest BCUT2D eigenvalue weighted by atomic mass is 28.3. The van der Waals surface area contributed by atoms with Gasteiger partial charge in [-0.15, -0.1) is 0 Å². The molecule has 2 atom stereocenters. The van der Waals surface area contributed by atoms with E-state index >= 15 is 0 Å². The summed E-state index contributed by atoms with van der Waals surface area (Å²) in [6.07, 6.45) is 0.970. The molecule has 0 aliphatic carbocycles. The number of Topliss-reactive ketones (excluding diaryl/α,β-unsaturated/α-hetero) is 1. The summed E-state index contributed by atoms with van der Waals surface area (Å²) in [5.74, 6) is 0.236. The van der Waals surface area contributed by atoms with E-state index in [4.69, 9.17) is 5.73 Å². The first-order valence-electron chi connectivity index (χ1n) is 6.90. The lowest BCUT2D eigenvalue weighted by molar-refractivity contribution is -0.118. The second-order valence-electron chi connectivity index (χ2n) is 7.86. The highest BCUT2D eigenvalue weighted by molar-refractivity contribution is 6.76. The number of ketones is 1. The molecule has 0 bridgehead atoms. The molecule has 0 radical (unpaired) electrons. The molecule has 4 heteroatoms. The third-order valence-corrected chi connectivity index (χ3v) is 4.44. The topological polar surface area (TPSA) is 55.1 Å². The predicted molar refractivity (Wildman–Crippen MR) is 82.7 cm³/mol. The number of carbonyl (C=O) groups excluding carboxylic acids is 1. The lowest BCUT2D eigenvalue weighted by atomic mass is 9.88. The van der Waals surface area contributed by atoms with Crippen LogP contribution in [0, 0.1) is 5.41 Å². The van der Waals surface area contributed by atoms with Gasteiger partial charge in [0, 0.05) is 20.7 Å². The molecule has 0 saturated carbocycles. The molecular weight excluding hydrogens is 240 g/mol. The van der Waals surface area contributed by atoms with Crippen molar-refractivity contribution in [1.29, 1.82) is 0 Å². The summed E-state index contributed by atoms with van der Waals surface area (Å²) in [7, 11) is -1.23. The van der Waals surface area contributed by atoms with Crippen molar-refractivity contribution in [3.05, 3.63) is 0 Å². The van der Waals surface area contributed by atoms with Crippen LogP contribution in [-0.4, -0.2) is 32.5 Å². The molecule has 0 heterocycles. The average Bonchev–Trinajstić information content (AvgIpc) is 2.06. The highest BCUT2D eigenvalue weighted by Gasteiger charge is 2.24. The van der Waals surface area contributed by atoms with E-state index in [2.05, 4.69) is 45.7 Å². The van der Waals surface area contributed by atoms with Gasteiger partial charge >= 0.3 is 0 Å². The van der Waals surface area contributed by atoms with Crippen LogP contribution in [-0.2, 0) is 4.79 Å². The van der Waals surface area contributed by atoms with Crippen molar-refractivity contribution in [3.8, 4) is 0 Å². The van der Waals surface area contributed by atoms with Gasteiger partial charge in [0.05, 0.1) is 6.04 Å². The van der Waals surface area contributed by atoms with Gasteiger partial charge in [-0.3, -0.25) is 4.79 Å². The molecule has 0 spiro atoms. The van der Waals surface area contributed by atoms with Gasteiger partial charge in [-0.1, -0.05) is 40.4 Å². The van der Waals surface area contributed by atoms with E-state index in [1.807, 2.05) is 0 Å². The molecule has 108 valence electrons. The van der Waals surface area contributed by atoms with E-state index in [0.717, 1.165) is 19.0 Å². The summed E-state index contributed by atoms with van der Waals surface area (Å²) < 4.78 is 0. The Kier molecular flexibility index (Phi) is 6.75. The zero-order valence-corrected chi connectivity index (χ0v) is 14.3. The zero-order valence-electron chi connectivity index (χ0n) is 13.3. The van der Waals surface area contributed by atoms with E-state index in [-0.39, 0.29) is 23.3 Å². The monoisotopic (exact) mass is 272 g/mol. The van der Waals surface area contributed by atoms with Crippen LogP contribution < -0.4 is 11.1 Å². The van der Waals surface area contributed by atoms with Crippen LogP contribution in [0.5, 0.6) is 0 Å². The molecule has 3 nitrogen and oxygen atoms in total. The van der Waals surface area contributed by atoms with E-state index in [9.17, 15) is 4.79 Å². The van der Waals surface area contributed by atoms with Crippen molar-refractivity contribution < 1.29 is 4.79 Å². The van der Waals surface area contributed by atoms with Gasteiger partial charge in [-0.05, 0) is 24.8 Å². The lowest BCUT2D eigenvalue weighted by Gasteiger charge is -2.27. The fourth-order valence-corrected chi connectivity index (χ4v) is 3.78. The first-order valence-corrected chi connectivity index (χ1v) is 10.6. The average molecular weight is 273 g/mol. The fraction of sp³-hybridized carbons (Fsp3) is 0.929. The Morgan fingerprint density at radius 1 is 1.28 bits per heavy atom. The van der Waals surface area contributed by atoms with Crippen molar-refractivity contribution in [2.24, 2.45) is 11.1 Å². The molecule has 0 aromatic heterocycles. The number of hydrogen-bond donors (Lipinski definition) is 2. The van der Waals surface area contributed by atoms with E-state index in [0.29, 0.717) is 0 Å². The van der Waals surface area contributed by atoms with Gasteiger partial charge in [0.1, 0.15) is 5.78 Å². The van der Waals surface area contributed by atoms with Gasteiger partial charge in [0.15, 0.2) is 0 Å². The second-order valence-corrected chi connectivity index (χ2v) is 13.4. The molecule has 0 fully saturated rings. The summed E-state index contributed by atoms with van der Waals surface area (Å²) in [5, 5.41) is 3.36. The van der Waals surface area contributed by atoms with Crippen LogP contribution in [0.3, 0.4) is 0 Å². The third-order valence-electron chi connectivity index (χ3n) is 2.81. The van der Waals surface area contributed by atoms with Crippen molar-refractivity contribution in [2.75, 3.05) is 6.54 Å². The largest absolute Gasteiger partial charge is 0.327 e. The first kappa shape index (κ1) is 17.8. The molecule has 3 N–H and O–H groups in total. The summed E-state index contributed by atoms with van der Waals surface area (Å²) in [6.45, 7) is 15.9. The maximum atomic E-state index is 11.6. The molecule has 0 aromatic rings. The molecular formula is C14H32N2OSi. The van der Waals surface area contributed by atoms with Gasteiger partial charge in [-0.2, -0.15) is 0 Å².